The van der Waals surface area contributed by atoms with Crippen LogP contribution in [0.4, 0.5) is 0 Å². The molecule has 1 saturated carbocycles. The van der Waals surface area contributed by atoms with Crippen LogP contribution in [0, 0.1) is 5.41 Å². The third-order valence-electron chi connectivity index (χ3n) is 6.18. The Kier molecular flexibility index (Phi) is 7.21. The molecule has 0 amide bonds. The van der Waals surface area contributed by atoms with Crippen LogP contribution in [-0.4, -0.2) is 68.7 Å². The van der Waals surface area contributed by atoms with Crippen LogP contribution in [0.1, 0.15) is 36.6 Å². The van der Waals surface area contributed by atoms with Crippen molar-refractivity contribution in [2.45, 2.75) is 31.7 Å². The molecule has 1 spiro atoms. The van der Waals surface area contributed by atoms with Gasteiger partial charge < -0.3 is 15.0 Å². The molecule has 0 aromatic carbocycles. The maximum absolute atomic E-state index is 5.55. The molecule has 3 heterocycles. The fourth-order valence-electron chi connectivity index (χ4n) is 4.50. The van der Waals surface area contributed by atoms with Gasteiger partial charge in [0, 0.05) is 44.6 Å². The monoisotopic (exact) mass is 490 g/mol. The molecule has 1 aromatic heterocycles. The van der Waals surface area contributed by atoms with Crippen molar-refractivity contribution < 1.29 is 4.74 Å². The van der Waals surface area contributed by atoms with Crippen LogP contribution in [0.5, 0.6) is 0 Å². The van der Waals surface area contributed by atoms with E-state index in [2.05, 4.69) is 37.6 Å². The summed E-state index contributed by atoms with van der Waals surface area (Å²) in [5.74, 6) is 1.08. The Hall–Kier alpha value is -0.380. The molecular formula is C19H31IN4OS. The van der Waals surface area contributed by atoms with Crippen molar-refractivity contribution in [1.29, 1.82) is 0 Å². The Morgan fingerprint density at radius 3 is 2.69 bits per heavy atom. The number of ether oxygens (including phenoxy) is 1. The van der Waals surface area contributed by atoms with Crippen LogP contribution in [-0.2, 0) is 4.74 Å². The lowest BCUT2D eigenvalue weighted by atomic mass is 9.68. The van der Waals surface area contributed by atoms with Crippen molar-refractivity contribution in [2.75, 3.05) is 53.0 Å². The first-order valence-corrected chi connectivity index (χ1v) is 10.5. The van der Waals surface area contributed by atoms with Gasteiger partial charge >= 0.3 is 0 Å². The molecule has 1 aliphatic carbocycles. The van der Waals surface area contributed by atoms with Gasteiger partial charge in [-0.1, -0.05) is 12.5 Å². The van der Waals surface area contributed by atoms with Crippen molar-refractivity contribution in [2.24, 2.45) is 10.4 Å². The number of hydrogen-bond acceptors (Lipinski definition) is 4. The highest BCUT2D eigenvalue weighted by molar-refractivity contribution is 14.0. The average molecular weight is 490 g/mol. The summed E-state index contributed by atoms with van der Waals surface area (Å²) >= 11 is 1.85. The summed E-state index contributed by atoms with van der Waals surface area (Å²) in [4.78, 5) is 11.0. The molecule has 3 aliphatic rings. The van der Waals surface area contributed by atoms with Crippen LogP contribution >= 0.6 is 35.3 Å². The normalized spacial score (nSPS) is 24.2. The molecular weight excluding hydrogens is 459 g/mol. The molecule has 2 aliphatic heterocycles. The van der Waals surface area contributed by atoms with E-state index in [1.165, 1.54) is 37.1 Å². The van der Waals surface area contributed by atoms with Gasteiger partial charge in [0.05, 0.1) is 19.3 Å². The van der Waals surface area contributed by atoms with Crippen molar-refractivity contribution in [3.63, 3.8) is 0 Å². The summed E-state index contributed by atoms with van der Waals surface area (Å²) in [6, 6.07) is 4.82. The van der Waals surface area contributed by atoms with Crippen molar-refractivity contribution in [1.82, 2.24) is 15.1 Å². The first kappa shape index (κ1) is 20.4. The highest BCUT2D eigenvalue weighted by Gasteiger charge is 2.43. The van der Waals surface area contributed by atoms with Gasteiger partial charge in [0.15, 0.2) is 5.96 Å². The largest absolute Gasteiger partial charge is 0.379 e. The molecule has 1 N–H and O–H groups in total. The molecule has 5 nitrogen and oxygen atoms in total. The van der Waals surface area contributed by atoms with Crippen molar-refractivity contribution >= 4 is 41.3 Å². The Morgan fingerprint density at radius 1 is 1.31 bits per heavy atom. The van der Waals surface area contributed by atoms with Crippen molar-refractivity contribution in [3.8, 4) is 0 Å². The molecule has 0 bridgehead atoms. The highest BCUT2D eigenvalue weighted by atomic mass is 127. The number of likely N-dealkylation sites (tertiary alicyclic amines) is 1. The summed E-state index contributed by atoms with van der Waals surface area (Å²) in [6.45, 7) is 6.95. The standard InChI is InChI=1S/C19H30N4OS.HI/c1-20-18(23-8-7-19(15-23)5-3-6-19)21-14-16(17-4-2-13-25-17)22-9-11-24-12-10-22;/h2,4,13,16H,3,5-12,14-15H2,1H3,(H,20,21);1H. The van der Waals surface area contributed by atoms with E-state index in [9.17, 15) is 0 Å². The van der Waals surface area contributed by atoms with Gasteiger partial charge in [-0.05, 0) is 36.1 Å². The van der Waals surface area contributed by atoms with Gasteiger partial charge in [-0.3, -0.25) is 9.89 Å². The summed E-state index contributed by atoms with van der Waals surface area (Å²) in [7, 11) is 1.92. The Morgan fingerprint density at radius 2 is 2.12 bits per heavy atom. The molecule has 1 aromatic rings. The van der Waals surface area contributed by atoms with E-state index in [1.54, 1.807) is 0 Å². The van der Waals surface area contributed by atoms with Gasteiger partial charge in [-0.15, -0.1) is 35.3 Å². The van der Waals surface area contributed by atoms with E-state index in [4.69, 9.17) is 4.74 Å². The Labute approximate surface area is 178 Å². The van der Waals surface area contributed by atoms with E-state index in [-0.39, 0.29) is 24.0 Å². The molecule has 3 fully saturated rings. The predicted octanol–water partition coefficient (Wildman–Crippen LogP) is 3.19. The average Bonchev–Trinajstić information content (AvgIpc) is 3.29. The molecule has 7 heteroatoms. The zero-order valence-corrected chi connectivity index (χ0v) is 18.8. The van der Waals surface area contributed by atoms with Crippen LogP contribution in [0.3, 0.4) is 0 Å². The second kappa shape index (κ2) is 9.21. The SMILES string of the molecule is CN=C(NCC(c1cccs1)N1CCOCC1)N1CCC2(CCC2)C1.I. The van der Waals surface area contributed by atoms with E-state index in [0.29, 0.717) is 11.5 Å². The third-order valence-corrected chi connectivity index (χ3v) is 7.15. The number of guanidine groups is 1. The first-order valence-electron chi connectivity index (χ1n) is 9.60. The lowest BCUT2D eigenvalue weighted by Gasteiger charge is -2.38. The third kappa shape index (κ3) is 4.36. The van der Waals surface area contributed by atoms with E-state index in [1.807, 2.05) is 18.4 Å². The van der Waals surface area contributed by atoms with E-state index < -0.39 is 0 Å². The number of morpholine rings is 1. The highest BCUT2D eigenvalue weighted by Crippen LogP contribution is 2.47. The zero-order chi connectivity index (χ0) is 17.1. The van der Waals surface area contributed by atoms with Gasteiger partial charge in [-0.2, -0.15) is 0 Å². The fraction of sp³-hybridized carbons (Fsp3) is 0.737. The molecule has 2 saturated heterocycles. The fourth-order valence-corrected chi connectivity index (χ4v) is 5.36. The summed E-state index contributed by atoms with van der Waals surface area (Å²) in [5.41, 5.74) is 0.606. The van der Waals surface area contributed by atoms with Gasteiger partial charge in [0.25, 0.3) is 0 Å². The van der Waals surface area contributed by atoms with Gasteiger partial charge in [0.2, 0.25) is 0 Å². The molecule has 0 radical (unpaired) electrons. The van der Waals surface area contributed by atoms with Gasteiger partial charge in [-0.25, -0.2) is 0 Å². The summed E-state index contributed by atoms with van der Waals surface area (Å²) in [6.07, 6.45) is 5.57. The van der Waals surface area contributed by atoms with Crippen molar-refractivity contribution in [3.05, 3.63) is 22.4 Å². The molecule has 1 unspecified atom stereocenters. The first-order chi connectivity index (χ1) is 12.3. The Balaban J connectivity index is 0.00000196. The maximum Gasteiger partial charge on any atom is 0.193 e. The van der Waals surface area contributed by atoms with Crippen LogP contribution in [0.25, 0.3) is 0 Å². The number of hydrogen-bond donors (Lipinski definition) is 1. The molecule has 4 rings (SSSR count). The molecule has 1 atom stereocenters. The van der Waals surface area contributed by atoms with E-state index >= 15 is 0 Å². The second-order valence-corrected chi connectivity index (χ2v) is 8.61. The molecule has 146 valence electrons. The predicted molar refractivity (Wildman–Crippen MR) is 119 cm³/mol. The summed E-state index contributed by atoms with van der Waals surface area (Å²) in [5, 5.41) is 5.86. The van der Waals surface area contributed by atoms with Gasteiger partial charge in [0.1, 0.15) is 0 Å². The maximum atomic E-state index is 5.55. The number of thiophene rings is 1. The molecule has 26 heavy (non-hydrogen) atoms. The number of nitrogens with zero attached hydrogens (tertiary/aromatic N) is 3. The van der Waals surface area contributed by atoms with Crippen LogP contribution in [0.15, 0.2) is 22.5 Å². The number of nitrogens with one attached hydrogen (secondary N) is 1. The quantitative estimate of drug-likeness (QED) is 0.400. The van der Waals surface area contributed by atoms with Crippen LogP contribution in [0.2, 0.25) is 0 Å². The minimum absolute atomic E-state index is 0. The smallest absolute Gasteiger partial charge is 0.193 e. The number of aliphatic imine (C=N–C) groups is 1. The number of halogens is 1. The lowest BCUT2D eigenvalue weighted by molar-refractivity contribution is 0.0176. The zero-order valence-electron chi connectivity index (χ0n) is 15.7. The lowest BCUT2D eigenvalue weighted by Crippen LogP contribution is -2.47. The van der Waals surface area contributed by atoms with Crippen LogP contribution < -0.4 is 5.32 Å². The Bertz CT molecular complexity index is 584. The second-order valence-electron chi connectivity index (χ2n) is 7.63. The van der Waals surface area contributed by atoms with E-state index in [0.717, 1.165) is 45.4 Å². The summed E-state index contributed by atoms with van der Waals surface area (Å²) < 4.78 is 5.55. The minimum atomic E-state index is 0. The number of rotatable bonds is 4. The topological polar surface area (TPSA) is 40.1 Å². The minimum Gasteiger partial charge on any atom is -0.379 e.